The van der Waals surface area contributed by atoms with Crippen molar-refractivity contribution in [2.24, 2.45) is 0 Å². The largest absolute Gasteiger partial charge is 0.494 e. The van der Waals surface area contributed by atoms with Gasteiger partial charge in [0.25, 0.3) is 0 Å². The van der Waals surface area contributed by atoms with Crippen LogP contribution in [0.3, 0.4) is 0 Å². The Hall–Kier alpha value is -3.32. The van der Waals surface area contributed by atoms with E-state index >= 15 is 0 Å². The van der Waals surface area contributed by atoms with Crippen LogP contribution < -0.4 is 10.5 Å². The Bertz CT molecular complexity index is 1070. The maximum atomic E-state index is 9.68. The Morgan fingerprint density at radius 3 is 2.35 bits per heavy atom. The highest BCUT2D eigenvalue weighted by atomic mass is 16.5. The third-order valence-electron chi connectivity index (χ3n) is 5.50. The lowest BCUT2D eigenvalue weighted by Gasteiger charge is -2.13. The Morgan fingerprint density at radius 2 is 1.68 bits per heavy atom. The zero-order valence-electron chi connectivity index (χ0n) is 18.7. The number of benzene rings is 2. The Kier molecular flexibility index (Phi) is 7.67. The van der Waals surface area contributed by atoms with Crippen LogP contribution in [0.25, 0.3) is 22.4 Å². The fourth-order valence-corrected chi connectivity index (χ4v) is 3.78. The van der Waals surface area contributed by atoms with Crippen LogP contribution in [0.15, 0.2) is 48.5 Å². The van der Waals surface area contributed by atoms with Gasteiger partial charge in [0.15, 0.2) is 0 Å². The van der Waals surface area contributed by atoms with Gasteiger partial charge in [0.2, 0.25) is 0 Å². The molecule has 0 unspecified atom stereocenters. The summed E-state index contributed by atoms with van der Waals surface area (Å²) in [4.78, 5) is 4.51. The summed E-state index contributed by atoms with van der Waals surface area (Å²) in [5.74, 6) is 1.09. The fraction of sp³-hybridized carbons (Fsp3) is 0.333. The molecule has 31 heavy (non-hydrogen) atoms. The topological polar surface area (TPSA) is 71.9 Å². The van der Waals surface area contributed by atoms with Gasteiger partial charge < -0.3 is 10.5 Å². The van der Waals surface area contributed by atoms with Gasteiger partial charge in [-0.3, -0.25) is 0 Å². The minimum Gasteiger partial charge on any atom is -0.494 e. The number of nitrogen functional groups attached to an aromatic ring is 1. The minimum atomic E-state index is 0.252. The number of hydrogen-bond donors (Lipinski definition) is 1. The van der Waals surface area contributed by atoms with Crippen molar-refractivity contribution < 1.29 is 4.74 Å². The van der Waals surface area contributed by atoms with E-state index in [4.69, 9.17) is 10.5 Å². The predicted molar refractivity (Wildman–Crippen MR) is 128 cm³/mol. The van der Waals surface area contributed by atoms with E-state index in [-0.39, 0.29) is 5.82 Å². The van der Waals surface area contributed by atoms with Crippen LogP contribution in [-0.4, -0.2) is 11.6 Å². The second-order valence-electron chi connectivity index (χ2n) is 8.03. The van der Waals surface area contributed by atoms with E-state index in [0.717, 1.165) is 46.7 Å². The molecule has 0 aliphatic rings. The van der Waals surface area contributed by atoms with Crippen molar-refractivity contribution in [3.8, 4) is 34.2 Å². The number of nitriles is 1. The quantitative estimate of drug-likeness (QED) is 0.390. The molecule has 0 fully saturated rings. The number of aryl methyl sites for hydroxylation is 2. The predicted octanol–water partition coefficient (Wildman–Crippen LogP) is 6.84. The molecule has 0 saturated carbocycles. The first-order valence-corrected chi connectivity index (χ1v) is 11.0. The third-order valence-corrected chi connectivity index (χ3v) is 5.50. The minimum absolute atomic E-state index is 0.252. The van der Waals surface area contributed by atoms with Crippen molar-refractivity contribution in [2.75, 3.05) is 12.3 Å². The van der Waals surface area contributed by atoms with E-state index in [2.05, 4.69) is 50.0 Å². The zero-order valence-corrected chi connectivity index (χ0v) is 18.7. The number of ether oxygens (including phenoxy) is 1. The van der Waals surface area contributed by atoms with Gasteiger partial charge in [-0.1, -0.05) is 68.5 Å². The van der Waals surface area contributed by atoms with Gasteiger partial charge in [-0.25, -0.2) is 4.98 Å². The lowest BCUT2D eigenvalue weighted by Crippen LogP contribution is -2.01. The number of pyridine rings is 1. The smallest absolute Gasteiger partial charge is 0.142 e. The van der Waals surface area contributed by atoms with Crippen LogP contribution in [0.5, 0.6) is 5.75 Å². The van der Waals surface area contributed by atoms with Crippen LogP contribution >= 0.6 is 0 Å². The normalized spacial score (nSPS) is 10.6. The monoisotopic (exact) mass is 413 g/mol. The van der Waals surface area contributed by atoms with Gasteiger partial charge in [-0.15, -0.1) is 0 Å². The second-order valence-corrected chi connectivity index (χ2v) is 8.03. The maximum Gasteiger partial charge on any atom is 0.142 e. The Labute approximate surface area is 185 Å². The molecule has 3 aromatic rings. The lowest BCUT2D eigenvalue weighted by atomic mass is 9.96. The summed E-state index contributed by atoms with van der Waals surface area (Å²) in [6, 6.07) is 18.3. The van der Waals surface area contributed by atoms with Gasteiger partial charge >= 0.3 is 0 Å². The van der Waals surface area contributed by atoms with Crippen LogP contribution in [0.2, 0.25) is 0 Å². The van der Waals surface area contributed by atoms with Gasteiger partial charge in [0.1, 0.15) is 23.2 Å². The second kappa shape index (κ2) is 10.6. The zero-order chi connectivity index (χ0) is 22.2. The molecule has 1 aromatic heterocycles. The average molecular weight is 414 g/mol. The number of unbranched alkanes of at least 4 members (excludes halogenated alkanes) is 4. The molecule has 4 nitrogen and oxygen atoms in total. The first-order chi connectivity index (χ1) is 15.0. The molecule has 1 heterocycles. The summed E-state index contributed by atoms with van der Waals surface area (Å²) < 4.78 is 5.88. The lowest BCUT2D eigenvalue weighted by molar-refractivity contribution is 0.304. The molecular weight excluding hydrogens is 382 g/mol. The molecule has 2 aromatic carbocycles. The van der Waals surface area contributed by atoms with Crippen molar-refractivity contribution in [1.82, 2.24) is 4.98 Å². The molecule has 0 saturated heterocycles. The standard InChI is InChI=1S/C27H31N3O/c1-4-5-6-7-8-15-31-22-12-10-21(11-13-22)24-17-26(30-27(29)25(24)18-28)23-14-9-19(2)16-20(23)3/h9-14,16-17H,4-8,15H2,1-3H3,(H2,29,30). The first kappa shape index (κ1) is 22.4. The molecular formula is C27H31N3O. The Morgan fingerprint density at radius 1 is 0.935 bits per heavy atom. The summed E-state index contributed by atoms with van der Waals surface area (Å²) in [5, 5.41) is 9.68. The summed E-state index contributed by atoms with van der Waals surface area (Å²) in [6.07, 6.45) is 6.07. The van der Waals surface area contributed by atoms with Crippen LogP contribution in [0.4, 0.5) is 5.82 Å². The number of rotatable bonds is 9. The first-order valence-electron chi connectivity index (χ1n) is 11.0. The molecule has 0 spiro atoms. The molecule has 0 bridgehead atoms. The number of nitrogens with two attached hydrogens (primary N) is 1. The third kappa shape index (κ3) is 5.64. The number of hydrogen-bond acceptors (Lipinski definition) is 4. The highest BCUT2D eigenvalue weighted by Crippen LogP contribution is 2.33. The number of anilines is 1. The van der Waals surface area contributed by atoms with Gasteiger partial charge in [-0.2, -0.15) is 5.26 Å². The molecule has 0 radical (unpaired) electrons. The van der Waals surface area contributed by atoms with Crippen LogP contribution in [-0.2, 0) is 0 Å². The van der Waals surface area contributed by atoms with Gasteiger partial charge in [0, 0.05) is 11.1 Å². The summed E-state index contributed by atoms with van der Waals surface area (Å²) in [6.45, 7) is 7.08. The average Bonchev–Trinajstić information content (AvgIpc) is 2.76. The van der Waals surface area contributed by atoms with E-state index < -0.39 is 0 Å². The summed E-state index contributed by atoms with van der Waals surface area (Å²) in [7, 11) is 0. The van der Waals surface area contributed by atoms with Gasteiger partial charge in [-0.05, 0) is 49.6 Å². The summed E-state index contributed by atoms with van der Waals surface area (Å²) in [5.41, 5.74) is 12.4. The van der Waals surface area contributed by atoms with E-state index in [9.17, 15) is 5.26 Å². The van der Waals surface area contributed by atoms with E-state index in [1.54, 1.807) is 0 Å². The molecule has 3 rings (SSSR count). The van der Waals surface area contributed by atoms with Crippen molar-refractivity contribution in [1.29, 1.82) is 5.26 Å². The van der Waals surface area contributed by atoms with E-state index in [1.165, 1.54) is 31.2 Å². The van der Waals surface area contributed by atoms with E-state index in [1.807, 2.05) is 30.3 Å². The van der Waals surface area contributed by atoms with Crippen LogP contribution in [0, 0.1) is 25.2 Å². The Balaban J connectivity index is 1.83. The van der Waals surface area contributed by atoms with Crippen LogP contribution in [0.1, 0.15) is 55.7 Å². The van der Waals surface area contributed by atoms with Crippen molar-refractivity contribution in [2.45, 2.75) is 52.9 Å². The number of nitrogens with zero attached hydrogens (tertiary/aromatic N) is 2. The van der Waals surface area contributed by atoms with E-state index in [0.29, 0.717) is 5.56 Å². The molecule has 2 N–H and O–H groups in total. The molecule has 0 aliphatic heterocycles. The molecule has 4 heteroatoms. The van der Waals surface area contributed by atoms with Crippen molar-refractivity contribution in [3.05, 3.63) is 65.2 Å². The molecule has 0 aliphatic carbocycles. The van der Waals surface area contributed by atoms with Crippen molar-refractivity contribution in [3.63, 3.8) is 0 Å². The maximum absolute atomic E-state index is 9.68. The van der Waals surface area contributed by atoms with Gasteiger partial charge in [0.05, 0.1) is 12.3 Å². The SMILES string of the molecule is CCCCCCCOc1ccc(-c2cc(-c3ccc(C)cc3C)nc(N)c2C#N)cc1. The summed E-state index contributed by atoms with van der Waals surface area (Å²) >= 11 is 0. The van der Waals surface area contributed by atoms with Crippen molar-refractivity contribution >= 4 is 5.82 Å². The fourth-order valence-electron chi connectivity index (χ4n) is 3.78. The number of aromatic nitrogens is 1. The molecule has 0 amide bonds. The highest BCUT2D eigenvalue weighted by Gasteiger charge is 2.14. The molecule has 160 valence electrons. The molecule has 0 atom stereocenters. The highest BCUT2D eigenvalue weighted by molar-refractivity contribution is 5.81.